The Morgan fingerprint density at radius 1 is 1.03 bits per heavy atom. The second-order valence-electron chi connectivity index (χ2n) is 7.18. The van der Waals surface area contributed by atoms with Gasteiger partial charge in [0.15, 0.2) is 0 Å². The number of pyridine rings is 2. The molecule has 1 aliphatic rings. The van der Waals surface area contributed by atoms with Gasteiger partial charge in [0.2, 0.25) is 5.91 Å². The number of nitrogens with two attached hydrogens (primary N) is 1. The molecule has 0 unspecified atom stereocenters. The minimum absolute atomic E-state index is 0.361. The smallest absolute Gasteiger partial charge is 0.244 e. The fraction of sp³-hybridized carbons (Fsp3) is 0.261. The maximum absolute atomic E-state index is 12.6. The van der Waals surface area contributed by atoms with Gasteiger partial charge in [-0.15, -0.1) is 0 Å². The first-order chi connectivity index (χ1) is 14.2. The predicted molar refractivity (Wildman–Crippen MR) is 110 cm³/mol. The molecule has 0 radical (unpaired) electrons. The van der Waals surface area contributed by atoms with Crippen LogP contribution in [-0.2, 0) is 23.5 Å². The zero-order valence-corrected chi connectivity index (χ0v) is 16.2. The van der Waals surface area contributed by atoms with Gasteiger partial charge in [0.1, 0.15) is 17.9 Å². The fourth-order valence-electron chi connectivity index (χ4n) is 4.01. The van der Waals surface area contributed by atoms with Crippen LogP contribution in [0.3, 0.4) is 0 Å². The molecular formula is C23H24N4O2. The SMILES string of the molecule is NC(=O)[C@@]1(c2ccccn2)CCCN1Cc1ccccc1OCc1ccccn1. The fourth-order valence-corrected chi connectivity index (χ4v) is 4.01. The summed E-state index contributed by atoms with van der Waals surface area (Å²) in [6.45, 7) is 1.71. The van der Waals surface area contributed by atoms with E-state index in [1.807, 2.05) is 60.7 Å². The van der Waals surface area contributed by atoms with Crippen molar-refractivity contribution in [3.8, 4) is 5.75 Å². The number of amides is 1. The minimum Gasteiger partial charge on any atom is -0.487 e. The van der Waals surface area contributed by atoms with Crippen molar-refractivity contribution in [1.82, 2.24) is 14.9 Å². The van der Waals surface area contributed by atoms with E-state index in [0.717, 1.165) is 30.0 Å². The Morgan fingerprint density at radius 2 is 1.79 bits per heavy atom. The molecule has 1 aliphatic heterocycles. The van der Waals surface area contributed by atoms with E-state index in [0.29, 0.717) is 25.3 Å². The molecule has 0 saturated carbocycles. The Morgan fingerprint density at radius 3 is 2.52 bits per heavy atom. The molecule has 29 heavy (non-hydrogen) atoms. The first-order valence-electron chi connectivity index (χ1n) is 9.77. The summed E-state index contributed by atoms with van der Waals surface area (Å²) in [5.74, 6) is 0.421. The molecule has 1 amide bonds. The van der Waals surface area contributed by atoms with Gasteiger partial charge in [-0.1, -0.05) is 30.3 Å². The first kappa shape index (κ1) is 19.1. The molecule has 0 aliphatic carbocycles. The van der Waals surface area contributed by atoms with Crippen LogP contribution in [0.2, 0.25) is 0 Å². The van der Waals surface area contributed by atoms with Crippen LogP contribution in [0.1, 0.15) is 29.8 Å². The number of benzene rings is 1. The lowest BCUT2D eigenvalue weighted by Crippen LogP contribution is -2.51. The van der Waals surface area contributed by atoms with Gasteiger partial charge >= 0.3 is 0 Å². The lowest BCUT2D eigenvalue weighted by Gasteiger charge is -2.35. The van der Waals surface area contributed by atoms with Crippen molar-refractivity contribution in [1.29, 1.82) is 0 Å². The van der Waals surface area contributed by atoms with Gasteiger partial charge in [0, 0.05) is 24.5 Å². The summed E-state index contributed by atoms with van der Waals surface area (Å²) in [5, 5.41) is 0. The van der Waals surface area contributed by atoms with Crippen molar-refractivity contribution in [3.05, 3.63) is 90.0 Å². The van der Waals surface area contributed by atoms with E-state index in [1.54, 1.807) is 12.4 Å². The zero-order valence-electron chi connectivity index (χ0n) is 16.2. The van der Waals surface area contributed by atoms with Crippen molar-refractivity contribution >= 4 is 5.91 Å². The topological polar surface area (TPSA) is 81.3 Å². The maximum Gasteiger partial charge on any atom is 0.244 e. The number of carbonyl (C=O) groups excluding carboxylic acids is 1. The number of likely N-dealkylation sites (tertiary alicyclic amines) is 1. The third kappa shape index (κ3) is 3.84. The third-order valence-corrected chi connectivity index (χ3v) is 5.44. The van der Waals surface area contributed by atoms with Gasteiger partial charge in [0.05, 0.1) is 11.4 Å². The average Bonchev–Trinajstić information content (AvgIpc) is 3.19. The van der Waals surface area contributed by atoms with Gasteiger partial charge in [-0.3, -0.25) is 19.7 Å². The number of ether oxygens (including phenoxy) is 1. The molecule has 2 aromatic heterocycles. The monoisotopic (exact) mass is 388 g/mol. The van der Waals surface area contributed by atoms with Crippen LogP contribution in [0.15, 0.2) is 73.1 Å². The second-order valence-corrected chi connectivity index (χ2v) is 7.18. The van der Waals surface area contributed by atoms with Crippen molar-refractivity contribution in [2.75, 3.05) is 6.54 Å². The molecule has 6 heteroatoms. The van der Waals surface area contributed by atoms with E-state index in [9.17, 15) is 4.79 Å². The number of rotatable bonds is 7. The highest BCUT2D eigenvalue weighted by atomic mass is 16.5. The summed E-state index contributed by atoms with van der Waals surface area (Å²) >= 11 is 0. The quantitative estimate of drug-likeness (QED) is 0.673. The molecule has 1 fully saturated rings. The zero-order chi connectivity index (χ0) is 20.1. The Kier molecular flexibility index (Phi) is 5.53. The summed E-state index contributed by atoms with van der Waals surface area (Å²) in [6, 6.07) is 19.3. The first-order valence-corrected chi connectivity index (χ1v) is 9.77. The standard InChI is InChI=1S/C23H24N4O2/c24-22(28)23(21-11-4-6-14-26-21)12-7-15-27(23)16-18-8-1-2-10-20(18)29-17-19-9-3-5-13-25-19/h1-6,8-11,13-14H,7,12,15-17H2,(H2,24,28)/t23-/m0/s1. The highest BCUT2D eigenvalue weighted by Crippen LogP contribution is 2.39. The number of aromatic nitrogens is 2. The summed E-state index contributed by atoms with van der Waals surface area (Å²) in [7, 11) is 0. The van der Waals surface area contributed by atoms with Crippen LogP contribution in [-0.4, -0.2) is 27.3 Å². The number of para-hydroxylation sites is 1. The van der Waals surface area contributed by atoms with Gasteiger partial charge < -0.3 is 10.5 Å². The Labute approximate surface area is 170 Å². The average molecular weight is 388 g/mol. The molecule has 6 nitrogen and oxygen atoms in total. The molecule has 3 aromatic rings. The van der Waals surface area contributed by atoms with Crippen LogP contribution in [0, 0.1) is 0 Å². The van der Waals surface area contributed by atoms with Crippen LogP contribution in [0.4, 0.5) is 0 Å². The van der Waals surface area contributed by atoms with Gasteiger partial charge in [-0.2, -0.15) is 0 Å². The van der Waals surface area contributed by atoms with Crippen molar-refractivity contribution in [2.24, 2.45) is 5.73 Å². The Balaban J connectivity index is 1.59. The van der Waals surface area contributed by atoms with Crippen molar-refractivity contribution < 1.29 is 9.53 Å². The van der Waals surface area contributed by atoms with Crippen LogP contribution >= 0.6 is 0 Å². The van der Waals surface area contributed by atoms with E-state index >= 15 is 0 Å². The summed E-state index contributed by atoms with van der Waals surface area (Å²) in [6.07, 6.45) is 5.01. The molecular weight excluding hydrogens is 364 g/mol. The summed E-state index contributed by atoms with van der Waals surface area (Å²) in [4.78, 5) is 23.5. The summed E-state index contributed by atoms with van der Waals surface area (Å²) in [5.41, 5.74) is 7.60. The van der Waals surface area contributed by atoms with Crippen LogP contribution in [0.25, 0.3) is 0 Å². The second kappa shape index (κ2) is 8.41. The van der Waals surface area contributed by atoms with Gasteiger partial charge in [-0.25, -0.2) is 0 Å². The van der Waals surface area contributed by atoms with E-state index in [-0.39, 0.29) is 5.91 Å². The lowest BCUT2D eigenvalue weighted by atomic mass is 9.90. The molecule has 2 N–H and O–H groups in total. The Hall–Kier alpha value is -3.25. The van der Waals surface area contributed by atoms with Crippen molar-refractivity contribution in [2.45, 2.75) is 31.5 Å². The van der Waals surface area contributed by atoms with Crippen LogP contribution < -0.4 is 10.5 Å². The lowest BCUT2D eigenvalue weighted by molar-refractivity contribution is -0.129. The van der Waals surface area contributed by atoms with Gasteiger partial charge in [0.25, 0.3) is 0 Å². The third-order valence-electron chi connectivity index (χ3n) is 5.44. The van der Waals surface area contributed by atoms with Crippen LogP contribution in [0.5, 0.6) is 5.75 Å². The minimum atomic E-state index is -0.893. The molecule has 1 saturated heterocycles. The largest absolute Gasteiger partial charge is 0.487 e. The molecule has 0 bridgehead atoms. The maximum atomic E-state index is 12.6. The number of hydrogen-bond acceptors (Lipinski definition) is 5. The molecule has 1 aromatic carbocycles. The number of carbonyl (C=O) groups is 1. The normalized spacial score (nSPS) is 19.2. The molecule has 148 valence electrons. The number of hydrogen-bond donors (Lipinski definition) is 1. The Bertz CT molecular complexity index is 965. The highest BCUT2D eigenvalue weighted by Gasteiger charge is 2.48. The number of primary amides is 1. The molecule has 1 atom stereocenters. The highest BCUT2D eigenvalue weighted by molar-refractivity contribution is 5.86. The predicted octanol–water partition coefficient (Wildman–Crippen LogP) is 3.03. The van der Waals surface area contributed by atoms with Crippen molar-refractivity contribution in [3.63, 3.8) is 0 Å². The molecule has 0 spiro atoms. The number of nitrogens with zero attached hydrogens (tertiary/aromatic N) is 3. The van der Waals surface area contributed by atoms with E-state index < -0.39 is 5.54 Å². The van der Waals surface area contributed by atoms with E-state index in [4.69, 9.17) is 10.5 Å². The van der Waals surface area contributed by atoms with Gasteiger partial charge in [-0.05, 0) is 49.7 Å². The molecule has 4 rings (SSSR count). The van der Waals surface area contributed by atoms with E-state index in [2.05, 4.69) is 14.9 Å². The molecule has 3 heterocycles. The summed E-state index contributed by atoms with van der Waals surface area (Å²) < 4.78 is 6.05. The van der Waals surface area contributed by atoms with E-state index in [1.165, 1.54) is 0 Å².